The topological polar surface area (TPSA) is 105 Å². The molecule has 9 nitrogen and oxygen atoms in total. The predicted octanol–water partition coefficient (Wildman–Crippen LogP) is 2.48. The summed E-state index contributed by atoms with van der Waals surface area (Å²) in [5.41, 5.74) is 2.17. The van der Waals surface area contributed by atoms with Gasteiger partial charge in [-0.05, 0) is 38.0 Å². The highest BCUT2D eigenvalue weighted by Gasteiger charge is 2.32. The molecule has 2 aromatic carbocycles. The lowest BCUT2D eigenvalue weighted by Crippen LogP contribution is -2.52. The van der Waals surface area contributed by atoms with Gasteiger partial charge in [0.1, 0.15) is 25.8 Å². The SMILES string of the molecule is CC[C@@H](C(=O)NC)N(Cc1cccc(C)c1)C(=O)CN(c1ccc2c(c1)OCCO2)S(=O)(=O)CC. The molecule has 0 radical (unpaired) electrons. The van der Waals surface area contributed by atoms with Gasteiger partial charge in [0.15, 0.2) is 11.5 Å². The second-order valence-electron chi connectivity index (χ2n) is 8.28. The van der Waals surface area contributed by atoms with Gasteiger partial charge in [-0.1, -0.05) is 36.8 Å². The molecular weight excluding hydrogens is 470 g/mol. The first-order valence-electron chi connectivity index (χ1n) is 11.7. The van der Waals surface area contributed by atoms with Crippen molar-refractivity contribution in [1.29, 1.82) is 0 Å². The van der Waals surface area contributed by atoms with Gasteiger partial charge in [0.05, 0.1) is 11.4 Å². The fourth-order valence-electron chi connectivity index (χ4n) is 4.00. The molecular formula is C25H33N3O6S. The Morgan fingerprint density at radius 3 is 2.40 bits per heavy atom. The zero-order valence-electron chi connectivity index (χ0n) is 20.6. The molecule has 0 saturated carbocycles. The number of benzene rings is 2. The molecule has 2 aromatic rings. The number of amides is 2. The molecule has 35 heavy (non-hydrogen) atoms. The van der Waals surface area contributed by atoms with Crippen LogP contribution in [-0.2, 0) is 26.2 Å². The van der Waals surface area contributed by atoms with E-state index >= 15 is 0 Å². The smallest absolute Gasteiger partial charge is 0.244 e. The summed E-state index contributed by atoms with van der Waals surface area (Å²) in [6.07, 6.45) is 0.377. The van der Waals surface area contributed by atoms with E-state index in [1.54, 1.807) is 18.2 Å². The van der Waals surface area contributed by atoms with Crippen molar-refractivity contribution in [3.05, 3.63) is 53.6 Å². The van der Waals surface area contributed by atoms with E-state index in [0.717, 1.165) is 15.4 Å². The second kappa shape index (κ2) is 11.4. The minimum atomic E-state index is -3.82. The molecule has 3 rings (SSSR count). The Kier molecular flexibility index (Phi) is 8.61. The first kappa shape index (κ1) is 26.3. The number of ether oxygens (including phenoxy) is 2. The Labute approximate surface area is 207 Å². The van der Waals surface area contributed by atoms with Gasteiger partial charge in [-0.25, -0.2) is 8.42 Å². The van der Waals surface area contributed by atoms with Crippen LogP contribution in [0.4, 0.5) is 5.69 Å². The lowest BCUT2D eigenvalue weighted by Gasteiger charge is -2.33. The van der Waals surface area contributed by atoms with Crippen LogP contribution >= 0.6 is 0 Å². The summed E-state index contributed by atoms with van der Waals surface area (Å²) >= 11 is 0. The van der Waals surface area contributed by atoms with Gasteiger partial charge in [0, 0.05) is 19.7 Å². The van der Waals surface area contributed by atoms with Crippen LogP contribution in [0.1, 0.15) is 31.4 Å². The van der Waals surface area contributed by atoms with Crippen molar-refractivity contribution < 1.29 is 27.5 Å². The highest BCUT2D eigenvalue weighted by atomic mass is 32.2. The van der Waals surface area contributed by atoms with Gasteiger partial charge in [0.25, 0.3) is 0 Å². The minimum absolute atomic E-state index is 0.174. The number of sulfonamides is 1. The quantitative estimate of drug-likeness (QED) is 0.534. The Hall–Kier alpha value is -3.27. The lowest BCUT2D eigenvalue weighted by molar-refractivity contribution is -0.140. The Bertz CT molecular complexity index is 1170. The number of aryl methyl sites for hydroxylation is 1. The van der Waals surface area contributed by atoms with E-state index in [2.05, 4.69) is 5.32 Å². The van der Waals surface area contributed by atoms with Crippen LogP contribution in [0.3, 0.4) is 0 Å². The molecule has 1 aliphatic heterocycles. The van der Waals surface area contributed by atoms with E-state index in [1.165, 1.54) is 18.9 Å². The first-order valence-corrected chi connectivity index (χ1v) is 13.3. The number of carbonyl (C=O) groups is 2. The van der Waals surface area contributed by atoms with Crippen molar-refractivity contribution in [2.45, 2.75) is 39.8 Å². The summed E-state index contributed by atoms with van der Waals surface area (Å²) in [5.74, 6) is -0.0383. The van der Waals surface area contributed by atoms with Gasteiger partial charge in [-0.3, -0.25) is 13.9 Å². The molecule has 0 spiro atoms. The number of likely N-dealkylation sites (N-methyl/N-ethyl adjacent to an activating group) is 1. The summed E-state index contributed by atoms with van der Waals surface area (Å²) < 4.78 is 38.3. The third-order valence-electron chi connectivity index (χ3n) is 5.86. The number of nitrogens with zero attached hydrogens (tertiary/aromatic N) is 2. The maximum absolute atomic E-state index is 13.7. The maximum Gasteiger partial charge on any atom is 0.244 e. The van der Waals surface area contributed by atoms with E-state index in [-0.39, 0.29) is 18.2 Å². The molecule has 0 saturated heterocycles. The summed E-state index contributed by atoms with van der Waals surface area (Å²) in [6, 6.07) is 11.7. The number of fused-ring (bicyclic) bond motifs is 1. The Morgan fingerprint density at radius 2 is 1.77 bits per heavy atom. The van der Waals surface area contributed by atoms with E-state index in [9.17, 15) is 18.0 Å². The largest absolute Gasteiger partial charge is 0.486 e. The van der Waals surface area contributed by atoms with Crippen LogP contribution in [0.25, 0.3) is 0 Å². The van der Waals surface area contributed by atoms with E-state index < -0.39 is 28.5 Å². The Balaban J connectivity index is 1.98. The molecule has 0 bridgehead atoms. The molecule has 0 unspecified atom stereocenters. The number of rotatable bonds is 10. The summed E-state index contributed by atoms with van der Waals surface area (Å²) in [6.45, 7) is 5.77. The number of nitrogens with one attached hydrogen (secondary N) is 1. The van der Waals surface area contributed by atoms with Gasteiger partial charge in [0.2, 0.25) is 21.8 Å². The number of hydrogen-bond acceptors (Lipinski definition) is 6. The fourth-order valence-corrected chi connectivity index (χ4v) is 5.05. The minimum Gasteiger partial charge on any atom is -0.486 e. The zero-order valence-corrected chi connectivity index (χ0v) is 21.4. The normalized spacial score (nSPS) is 13.6. The van der Waals surface area contributed by atoms with E-state index in [0.29, 0.717) is 36.8 Å². The number of hydrogen-bond donors (Lipinski definition) is 1. The third kappa shape index (κ3) is 6.25. The van der Waals surface area contributed by atoms with Crippen molar-refractivity contribution in [3.63, 3.8) is 0 Å². The standard InChI is InChI=1S/C25H33N3O6S/c1-5-21(25(30)26-4)27(16-19-9-7-8-18(3)14-19)24(29)17-28(35(31,32)6-2)20-10-11-22-23(15-20)34-13-12-33-22/h7-11,14-15,21H,5-6,12-13,16-17H2,1-4H3,(H,26,30)/t21-/m0/s1. The highest BCUT2D eigenvalue weighted by Crippen LogP contribution is 2.35. The molecule has 1 aliphatic rings. The number of carbonyl (C=O) groups excluding carboxylic acids is 2. The lowest BCUT2D eigenvalue weighted by atomic mass is 10.1. The molecule has 1 heterocycles. The summed E-state index contributed by atoms with van der Waals surface area (Å²) in [7, 11) is -2.30. The molecule has 1 N–H and O–H groups in total. The molecule has 1 atom stereocenters. The van der Waals surface area contributed by atoms with Crippen LogP contribution in [0.5, 0.6) is 11.5 Å². The fraction of sp³-hybridized carbons (Fsp3) is 0.440. The van der Waals surface area contributed by atoms with Crippen molar-refractivity contribution >= 4 is 27.5 Å². The van der Waals surface area contributed by atoms with Crippen LogP contribution in [0.2, 0.25) is 0 Å². The van der Waals surface area contributed by atoms with Gasteiger partial charge in [-0.2, -0.15) is 0 Å². The van der Waals surface area contributed by atoms with Crippen molar-refractivity contribution in [2.24, 2.45) is 0 Å². The van der Waals surface area contributed by atoms with Crippen LogP contribution in [0.15, 0.2) is 42.5 Å². The Morgan fingerprint density at radius 1 is 1.06 bits per heavy atom. The zero-order chi connectivity index (χ0) is 25.6. The third-order valence-corrected chi connectivity index (χ3v) is 7.60. The van der Waals surface area contributed by atoms with Crippen molar-refractivity contribution in [1.82, 2.24) is 10.2 Å². The van der Waals surface area contributed by atoms with Crippen molar-refractivity contribution in [3.8, 4) is 11.5 Å². The molecule has 0 fully saturated rings. The highest BCUT2D eigenvalue weighted by molar-refractivity contribution is 7.92. The van der Waals surface area contributed by atoms with Crippen LogP contribution in [-0.4, -0.2) is 63.7 Å². The van der Waals surface area contributed by atoms with Crippen molar-refractivity contribution in [2.75, 3.05) is 36.9 Å². The molecule has 190 valence electrons. The van der Waals surface area contributed by atoms with E-state index in [4.69, 9.17) is 9.47 Å². The first-order chi connectivity index (χ1) is 16.7. The number of anilines is 1. The maximum atomic E-state index is 13.7. The average Bonchev–Trinajstić information content (AvgIpc) is 2.86. The van der Waals surface area contributed by atoms with Gasteiger partial charge >= 0.3 is 0 Å². The van der Waals surface area contributed by atoms with Gasteiger partial charge in [-0.15, -0.1) is 0 Å². The van der Waals surface area contributed by atoms with E-state index in [1.807, 2.05) is 38.1 Å². The van der Waals surface area contributed by atoms with Crippen LogP contribution < -0.4 is 19.1 Å². The molecule has 0 aliphatic carbocycles. The summed E-state index contributed by atoms with van der Waals surface area (Å²) in [4.78, 5) is 27.8. The average molecular weight is 504 g/mol. The second-order valence-corrected chi connectivity index (χ2v) is 10.5. The molecule has 10 heteroatoms. The monoisotopic (exact) mass is 503 g/mol. The molecule has 0 aromatic heterocycles. The van der Waals surface area contributed by atoms with Crippen LogP contribution in [0, 0.1) is 6.92 Å². The predicted molar refractivity (Wildman–Crippen MR) is 134 cm³/mol. The van der Waals surface area contributed by atoms with Gasteiger partial charge < -0.3 is 19.7 Å². The summed E-state index contributed by atoms with van der Waals surface area (Å²) in [5, 5.41) is 2.61. The molecule has 2 amide bonds.